The molecule has 1 saturated heterocycles. The van der Waals surface area contributed by atoms with Crippen molar-refractivity contribution in [2.45, 2.75) is 77.0 Å². The minimum absolute atomic E-state index is 0.0402. The number of ether oxygens (including phenoxy) is 1. The van der Waals surface area contributed by atoms with Crippen LogP contribution in [0.15, 0.2) is 0 Å². The first-order valence-electron chi connectivity index (χ1n) is 9.15. The lowest BCUT2D eigenvalue weighted by Crippen LogP contribution is -2.43. The Kier molecular flexibility index (Phi) is 10.3. The van der Waals surface area contributed by atoms with Gasteiger partial charge in [0.15, 0.2) is 0 Å². The van der Waals surface area contributed by atoms with Crippen molar-refractivity contribution in [3.05, 3.63) is 0 Å². The number of halogens is 1. The Balaban J connectivity index is 2.07. The van der Waals surface area contributed by atoms with Crippen molar-refractivity contribution in [2.75, 3.05) is 19.7 Å². The van der Waals surface area contributed by atoms with Gasteiger partial charge in [-0.15, -0.1) is 11.6 Å². The van der Waals surface area contributed by atoms with E-state index < -0.39 is 5.38 Å². The lowest BCUT2D eigenvalue weighted by atomic mass is 9.97. The van der Waals surface area contributed by atoms with E-state index >= 15 is 0 Å². The van der Waals surface area contributed by atoms with Crippen LogP contribution in [0.25, 0.3) is 0 Å². The molecule has 1 unspecified atom stereocenters. The summed E-state index contributed by atoms with van der Waals surface area (Å²) in [5, 5.41) is -0.490. The van der Waals surface area contributed by atoms with Crippen LogP contribution in [0, 0.1) is 5.92 Å². The molecule has 0 aromatic carbocycles. The van der Waals surface area contributed by atoms with Crippen molar-refractivity contribution in [2.24, 2.45) is 5.92 Å². The number of piperidine rings is 1. The van der Waals surface area contributed by atoms with Gasteiger partial charge in [-0.2, -0.15) is 0 Å². The van der Waals surface area contributed by atoms with Crippen molar-refractivity contribution >= 4 is 23.5 Å². The molecular weight excluding hydrogens is 314 g/mol. The van der Waals surface area contributed by atoms with E-state index in [1.807, 2.05) is 0 Å². The van der Waals surface area contributed by atoms with Crippen molar-refractivity contribution in [3.8, 4) is 0 Å². The summed E-state index contributed by atoms with van der Waals surface area (Å²) in [6.07, 6.45) is 9.88. The summed E-state index contributed by atoms with van der Waals surface area (Å²) in [5.41, 5.74) is 0. The standard InChI is InChI=1S/C18H32ClNO3/c1-3-4-5-6-7-8-9-14-23-18(22)16-10-12-20(13-11-16)17(21)15(2)19/h15-16H,3-14H2,1-2H3. The number of rotatable bonds is 10. The number of hydrogen-bond donors (Lipinski definition) is 0. The number of carbonyl (C=O) groups excluding carboxylic acids is 2. The second kappa shape index (κ2) is 11.7. The Morgan fingerprint density at radius 2 is 1.65 bits per heavy atom. The van der Waals surface area contributed by atoms with Gasteiger partial charge in [0.05, 0.1) is 12.5 Å². The number of nitrogens with zero attached hydrogens (tertiary/aromatic N) is 1. The van der Waals surface area contributed by atoms with Crippen LogP contribution in [0.1, 0.15) is 71.6 Å². The summed E-state index contributed by atoms with van der Waals surface area (Å²) in [4.78, 5) is 25.6. The molecule has 1 aliphatic heterocycles. The van der Waals surface area contributed by atoms with E-state index in [2.05, 4.69) is 6.92 Å². The lowest BCUT2D eigenvalue weighted by molar-refractivity contribution is -0.151. The third-order valence-electron chi connectivity index (χ3n) is 4.47. The van der Waals surface area contributed by atoms with E-state index in [9.17, 15) is 9.59 Å². The highest BCUT2D eigenvalue weighted by molar-refractivity contribution is 6.30. The molecule has 0 saturated carbocycles. The fourth-order valence-electron chi connectivity index (χ4n) is 2.94. The minimum atomic E-state index is -0.490. The Morgan fingerprint density at radius 1 is 1.09 bits per heavy atom. The average Bonchev–Trinajstić information content (AvgIpc) is 2.56. The molecule has 5 heteroatoms. The van der Waals surface area contributed by atoms with E-state index in [-0.39, 0.29) is 17.8 Å². The molecule has 0 N–H and O–H groups in total. The zero-order chi connectivity index (χ0) is 17.1. The SMILES string of the molecule is CCCCCCCCCOC(=O)C1CCN(C(=O)C(C)Cl)CC1. The molecule has 1 heterocycles. The fourth-order valence-corrected chi connectivity index (χ4v) is 3.07. The molecule has 4 nitrogen and oxygen atoms in total. The number of esters is 1. The van der Waals surface area contributed by atoms with E-state index in [1.165, 1.54) is 32.1 Å². The number of hydrogen-bond acceptors (Lipinski definition) is 3. The van der Waals surface area contributed by atoms with Crippen molar-refractivity contribution in [1.29, 1.82) is 0 Å². The smallest absolute Gasteiger partial charge is 0.309 e. The van der Waals surface area contributed by atoms with Crippen LogP contribution in [0.3, 0.4) is 0 Å². The number of likely N-dealkylation sites (tertiary alicyclic amines) is 1. The highest BCUT2D eigenvalue weighted by Gasteiger charge is 2.29. The number of amides is 1. The van der Waals surface area contributed by atoms with Gasteiger partial charge >= 0.3 is 5.97 Å². The molecule has 0 spiro atoms. The van der Waals surface area contributed by atoms with E-state index in [0.717, 1.165) is 12.8 Å². The maximum absolute atomic E-state index is 12.0. The Bertz CT molecular complexity index is 352. The molecule has 0 bridgehead atoms. The summed E-state index contributed by atoms with van der Waals surface area (Å²) in [6, 6.07) is 0. The average molecular weight is 346 g/mol. The molecule has 0 aliphatic carbocycles. The molecule has 1 fully saturated rings. The summed E-state index contributed by atoms with van der Waals surface area (Å²) < 4.78 is 5.38. The van der Waals surface area contributed by atoms with Gasteiger partial charge in [-0.3, -0.25) is 9.59 Å². The van der Waals surface area contributed by atoms with Crippen LogP contribution in [0.5, 0.6) is 0 Å². The fraction of sp³-hybridized carbons (Fsp3) is 0.889. The zero-order valence-electron chi connectivity index (χ0n) is 14.7. The van der Waals surface area contributed by atoms with E-state index in [1.54, 1.807) is 11.8 Å². The van der Waals surface area contributed by atoms with Gasteiger partial charge < -0.3 is 9.64 Å². The van der Waals surface area contributed by atoms with Crippen molar-refractivity contribution in [3.63, 3.8) is 0 Å². The third-order valence-corrected chi connectivity index (χ3v) is 4.66. The molecule has 1 rings (SSSR count). The molecule has 0 radical (unpaired) electrons. The van der Waals surface area contributed by atoms with Gasteiger partial charge in [-0.1, -0.05) is 45.4 Å². The Morgan fingerprint density at radius 3 is 2.22 bits per heavy atom. The highest BCUT2D eigenvalue weighted by atomic mass is 35.5. The number of alkyl halides is 1. The topological polar surface area (TPSA) is 46.6 Å². The largest absolute Gasteiger partial charge is 0.465 e. The molecular formula is C18H32ClNO3. The number of unbranched alkanes of at least 4 members (excludes halogenated alkanes) is 6. The molecule has 0 aromatic rings. The lowest BCUT2D eigenvalue weighted by Gasteiger charge is -2.31. The number of carbonyl (C=O) groups is 2. The monoisotopic (exact) mass is 345 g/mol. The first-order chi connectivity index (χ1) is 11.1. The maximum atomic E-state index is 12.0. The molecule has 0 aromatic heterocycles. The van der Waals surface area contributed by atoms with Crippen molar-refractivity contribution in [1.82, 2.24) is 4.90 Å². The van der Waals surface area contributed by atoms with Crippen LogP contribution in [0.4, 0.5) is 0 Å². The van der Waals surface area contributed by atoms with Gasteiger partial charge in [0.1, 0.15) is 5.38 Å². The summed E-state index contributed by atoms with van der Waals surface area (Å²) >= 11 is 5.82. The Hall–Kier alpha value is -0.770. The maximum Gasteiger partial charge on any atom is 0.309 e. The van der Waals surface area contributed by atoms with Crippen LogP contribution >= 0.6 is 11.6 Å². The highest BCUT2D eigenvalue weighted by Crippen LogP contribution is 2.20. The first kappa shape index (κ1) is 20.3. The van der Waals surface area contributed by atoms with Crippen molar-refractivity contribution < 1.29 is 14.3 Å². The normalized spacial score (nSPS) is 17.1. The molecule has 134 valence electrons. The zero-order valence-corrected chi connectivity index (χ0v) is 15.4. The predicted molar refractivity (Wildman–Crippen MR) is 93.6 cm³/mol. The summed E-state index contributed by atoms with van der Waals surface area (Å²) in [7, 11) is 0. The molecule has 1 atom stereocenters. The van der Waals surface area contributed by atoms with Gasteiger partial charge in [-0.05, 0) is 26.2 Å². The van der Waals surface area contributed by atoms with Crippen LogP contribution in [0.2, 0.25) is 0 Å². The summed E-state index contributed by atoms with van der Waals surface area (Å²) in [6.45, 7) is 5.65. The predicted octanol–water partition coefficient (Wildman–Crippen LogP) is 4.15. The third kappa shape index (κ3) is 8.05. The van der Waals surface area contributed by atoms with Gasteiger partial charge in [0.2, 0.25) is 5.91 Å². The quantitative estimate of drug-likeness (QED) is 0.339. The van der Waals surface area contributed by atoms with E-state index in [4.69, 9.17) is 16.3 Å². The second-order valence-electron chi connectivity index (χ2n) is 6.50. The van der Waals surface area contributed by atoms with Gasteiger partial charge in [-0.25, -0.2) is 0 Å². The van der Waals surface area contributed by atoms with Gasteiger partial charge in [0.25, 0.3) is 0 Å². The van der Waals surface area contributed by atoms with E-state index in [0.29, 0.717) is 32.5 Å². The Labute approximate surface area is 145 Å². The van der Waals surface area contributed by atoms with Crippen LogP contribution < -0.4 is 0 Å². The first-order valence-corrected chi connectivity index (χ1v) is 9.59. The summed E-state index contributed by atoms with van der Waals surface area (Å²) in [5.74, 6) is -0.196. The molecule has 23 heavy (non-hydrogen) atoms. The second-order valence-corrected chi connectivity index (χ2v) is 7.16. The minimum Gasteiger partial charge on any atom is -0.465 e. The van der Waals surface area contributed by atoms with Crippen LogP contribution in [-0.2, 0) is 14.3 Å². The molecule has 1 aliphatic rings. The van der Waals surface area contributed by atoms with Gasteiger partial charge in [0, 0.05) is 13.1 Å². The van der Waals surface area contributed by atoms with Crippen LogP contribution in [-0.4, -0.2) is 41.8 Å². The molecule has 1 amide bonds.